The average Bonchev–Trinajstić information content (AvgIpc) is 2.32. The van der Waals surface area contributed by atoms with Crippen LogP contribution < -0.4 is 5.69 Å². The lowest BCUT2D eigenvalue weighted by molar-refractivity contribution is 0.781. The quantitative estimate of drug-likeness (QED) is 0.689. The number of fused-ring (bicyclic) bond motifs is 1. The molecule has 0 unspecified atom stereocenters. The highest BCUT2D eigenvalue weighted by Gasteiger charge is 2.10. The maximum Gasteiger partial charge on any atom is 0.350 e. The number of halogens is 1. The van der Waals surface area contributed by atoms with E-state index in [9.17, 15) is 4.79 Å². The van der Waals surface area contributed by atoms with Crippen molar-refractivity contribution in [2.75, 3.05) is 0 Å². The molecule has 0 saturated heterocycles. The smallest absolute Gasteiger partial charge is 0.285 e. The molecule has 0 bridgehead atoms. The maximum absolute atomic E-state index is 11.3. The molecule has 0 amide bonds. The third-order valence-electron chi connectivity index (χ3n) is 1.59. The third kappa shape index (κ3) is 1.28. The molecule has 0 aliphatic rings. The molecule has 0 atom stereocenters. The first-order valence-corrected chi connectivity index (χ1v) is 4.67. The first-order chi connectivity index (χ1) is 6.09. The van der Waals surface area contributed by atoms with E-state index in [-0.39, 0.29) is 10.8 Å². The van der Waals surface area contributed by atoms with Crippen LogP contribution in [-0.4, -0.2) is 19.6 Å². The standard InChI is InChI=1S/C6H5BrN4OS/c1-2-3(7)4-8-5(13)9-6(12)11(4)10-2/h1H3,(H2,8,9,12,13). The van der Waals surface area contributed by atoms with Crippen molar-refractivity contribution < 1.29 is 0 Å². The summed E-state index contributed by atoms with van der Waals surface area (Å²) in [5.74, 6) is 0. The van der Waals surface area contributed by atoms with Crippen LogP contribution in [0.4, 0.5) is 0 Å². The second-order valence-corrected chi connectivity index (χ2v) is 3.72. The fraction of sp³-hybridized carbons (Fsp3) is 0.167. The number of hydrogen-bond donors (Lipinski definition) is 2. The number of aromatic amines is 1. The van der Waals surface area contributed by atoms with E-state index in [1.807, 2.05) is 0 Å². The zero-order valence-electron chi connectivity index (χ0n) is 6.58. The van der Waals surface area contributed by atoms with Crippen molar-refractivity contribution >= 4 is 34.2 Å². The van der Waals surface area contributed by atoms with E-state index in [4.69, 9.17) is 0 Å². The van der Waals surface area contributed by atoms with Crippen molar-refractivity contribution in [2.45, 2.75) is 12.1 Å². The lowest BCUT2D eigenvalue weighted by Crippen LogP contribution is -2.18. The number of rotatable bonds is 0. The van der Waals surface area contributed by atoms with E-state index in [0.717, 1.165) is 5.69 Å². The zero-order valence-corrected chi connectivity index (χ0v) is 9.06. The van der Waals surface area contributed by atoms with E-state index in [2.05, 4.69) is 43.6 Å². The first-order valence-electron chi connectivity index (χ1n) is 3.43. The minimum atomic E-state index is -0.344. The van der Waals surface area contributed by atoms with E-state index >= 15 is 0 Å². The van der Waals surface area contributed by atoms with Gasteiger partial charge in [0.05, 0.1) is 10.2 Å². The summed E-state index contributed by atoms with van der Waals surface area (Å²) in [5, 5.41) is 4.26. The predicted molar refractivity (Wildman–Crippen MR) is 53.3 cm³/mol. The Morgan fingerprint density at radius 3 is 3.00 bits per heavy atom. The van der Waals surface area contributed by atoms with Crippen LogP contribution in [0.25, 0.3) is 5.65 Å². The Kier molecular flexibility index (Phi) is 1.92. The van der Waals surface area contributed by atoms with Crippen LogP contribution in [0.2, 0.25) is 0 Å². The number of aryl methyl sites for hydroxylation is 1. The molecule has 0 fully saturated rings. The summed E-state index contributed by atoms with van der Waals surface area (Å²) in [5.41, 5.74) is 0.854. The van der Waals surface area contributed by atoms with Gasteiger partial charge in [-0.15, -0.1) is 12.6 Å². The minimum Gasteiger partial charge on any atom is -0.285 e. The van der Waals surface area contributed by atoms with Crippen LogP contribution in [0.3, 0.4) is 0 Å². The van der Waals surface area contributed by atoms with Gasteiger partial charge in [-0.25, -0.2) is 9.78 Å². The van der Waals surface area contributed by atoms with Crippen molar-refractivity contribution in [3.63, 3.8) is 0 Å². The summed E-state index contributed by atoms with van der Waals surface area (Å²) in [6.45, 7) is 1.79. The third-order valence-corrected chi connectivity index (χ3v) is 2.73. The molecule has 1 N–H and O–H groups in total. The lowest BCUT2D eigenvalue weighted by Gasteiger charge is -1.92. The van der Waals surface area contributed by atoms with Gasteiger partial charge in [-0.3, -0.25) is 4.98 Å². The molecular weight excluding hydrogens is 256 g/mol. The minimum absolute atomic E-state index is 0.276. The second-order valence-electron chi connectivity index (χ2n) is 2.50. The van der Waals surface area contributed by atoms with Gasteiger partial charge in [0.15, 0.2) is 10.8 Å². The molecule has 13 heavy (non-hydrogen) atoms. The van der Waals surface area contributed by atoms with Gasteiger partial charge in [-0.05, 0) is 22.9 Å². The van der Waals surface area contributed by atoms with Crippen LogP contribution in [0.1, 0.15) is 5.69 Å². The maximum atomic E-state index is 11.3. The fourth-order valence-electron chi connectivity index (χ4n) is 1.01. The molecule has 2 heterocycles. The summed E-state index contributed by atoms with van der Waals surface area (Å²) in [7, 11) is 0. The molecule has 5 nitrogen and oxygen atoms in total. The molecule has 2 aromatic rings. The normalized spacial score (nSPS) is 11.0. The summed E-state index contributed by atoms with van der Waals surface area (Å²) in [4.78, 5) is 17.8. The number of aromatic nitrogens is 4. The molecule has 0 radical (unpaired) electrons. The van der Waals surface area contributed by atoms with Gasteiger partial charge in [0, 0.05) is 0 Å². The van der Waals surface area contributed by atoms with Crippen molar-refractivity contribution in [3.8, 4) is 0 Å². The number of H-pyrrole nitrogens is 1. The van der Waals surface area contributed by atoms with Gasteiger partial charge < -0.3 is 0 Å². The highest BCUT2D eigenvalue weighted by molar-refractivity contribution is 9.10. The summed E-state index contributed by atoms with van der Waals surface area (Å²) < 4.78 is 1.91. The van der Waals surface area contributed by atoms with E-state index in [1.165, 1.54) is 4.52 Å². The number of hydrogen-bond acceptors (Lipinski definition) is 4. The summed E-state index contributed by atoms with van der Waals surface area (Å²) in [6.07, 6.45) is 0. The average molecular weight is 261 g/mol. The van der Waals surface area contributed by atoms with E-state index in [0.29, 0.717) is 10.1 Å². The monoisotopic (exact) mass is 260 g/mol. The van der Waals surface area contributed by atoms with Crippen molar-refractivity contribution in [1.29, 1.82) is 0 Å². The van der Waals surface area contributed by atoms with Gasteiger partial charge in [0.25, 0.3) is 0 Å². The summed E-state index contributed by atoms with van der Waals surface area (Å²) in [6, 6.07) is 0. The molecule has 0 aliphatic carbocycles. The van der Waals surface area contributed by atoms with Gasteiger partial charge in [-0.1, -0.05) is 0 Å². The van der Waals surface area contributed by atoms with E-state index in [1.54, 1.807) is 6.92 Å². The van der Waals surface area contributed by atoms with E-state index < -0.39 is 0 Å². The lowest BCUT2D eigenvalue weighted by atomic mass is 10.5. The zero-order chi connectivity index (χ0) is 9.59. The van der Waals surface area contributed by atoms with Crippen LogP contribution in [0, 0.1) is 6.92 Å². The predicted octanol–water partition coefficient (Wildman–Crippen LogP) is 0.777. The topological polar surface area (TPSA) is 63.1 Å². The van der Waals surface area contributed by atoms with Gasteiger partial charge in [-0.2, -0.15) is 9.61 Å². The first kappa shape index (κ1) is 8.76. The Labute approximate surface area is 86.7 Å². The molecule has 2 rings (SSSR count). The number of nitrogens with zero attached hydrogens (tertiary/aromatic N) is 3. The van der Waals surface area contributed by atoms with Crippen LogP contribution >= 0.6 is 28.6 Å². The molecule has 0 aliphatic heterocycles. The van der Waals surface area contributed by atoms with Crippen molar-refractivity contribution in [3.05, 3.63) is 20.7 Å². The fourth-order valence-corrected chi connectivity index (χ4v) is 1.54. The second kappa shape index (κ2) is 2.85. The SMILES string of the molecule is Cc1nn2c(=O)[nH]c(S)nc2c1Br. The molecule has 0 spiro atoms. The molecule has 68 valence electrons. The Morgan fingerprint density at radius 1 is 1.62 bits per heavy atom. The Bertz CT molecular complexity index is 531. The molecule has 0 aromatic carbocycles. The molecule has 7 heteroatoms. The van der Waals surface area contributed by atoms with Crippen molar-refractivity contribution in [1.82, 2.24) is 19.6 Å². The largest absolute Gasteiger partial charge is 0.350 e. The van der Waals surface area contributed by atoms with Gasteiger partial charge >= 0.3 is 5.69 Å². The Hall–Kier alpha value is -0.820. The van der Waals surface area contributed by atoms with Crippen LogP contribution in [0.5, 0.6) is 0 Å². The van der Waals surface area contributed by atoms with Crippen LogP contribution in [-0.2, 0) is 0 Å². The highest BCUT2D eigenvalue weighted by Crippen LogP contribution is 2.18. The highest BCUT2D eigenvalue weighted by atomic mass is 79.9. The number of thiol groups is 1. The van der Waals surface area contributed by atoms with Gasteiger partial charge in [0.1, 0.15) is 0 Å². The Balaban J connectivity index is 3.03. The van der Waals surface area contributed by atoms with Crippen molar-refractivity contribution in [2.24, 2.45) is 0 Å². The Morgan fingerprint density at radius 2 is 2.31 bits per heavy atom. The van der Waals surface area contributed by atoms with Crippen LogP contribution in [0.15, 0.2) is 14.4 Å². The number of nitrogens with one attached hydrogen (secondary N) is 1. The molecule has 2 aromatic heterocycles. The van der Waals surface area contributed by atoms with Gasteiger partial charge in [0.2, 0.25) is 0 Å². The molecule has 0 saturated carbocycles. The summed E-state index contributed by atoms with van der Waals surface area (Å²) >= 11 is 7.24. The molecular formula is C6H5BrN4OS.